The summed E-state index contributed by atoms with van der Waals surface area (Å²) >= 11 is 0. The van der Waals surface area contributed by atoms with Crippen LogP contribution in [0.2, 0.25) is 0 Å². The maximum Gasteiger partial charge on any atom is 0.0477 e. The van der Waals surface area contributed by atoms with E-state index in [1.165, 1.54) is 43.4 Å². The van der Waals surface area contributed by atoms with Crippen molar-refractivity contribution in [1.82, 2.24) is 10.2 Å². The van der Waals surface area contributed by atoms with Crippen molar-refractivity contribution in [3.8, 4) is 0 Å². The molecule has 2 fully saturated rings. The van der Waals surface area contributed by atoms with Crippen LogP contribution < -0.4 is 5.32 Å². The molecule has 1 spiro atoms. The van der Waals surface area contributed by atoms with Gasteiger partial charge in [-0.15, -0.1) is 0 Å². The highest BCUT2D eigenvalue weighted by atomic mass is 15.3. The van der Waals surface area contributed by atoms with Crippen molar-refractivity contribution in [3.63, 3.8) is 0 Å². The van der Waals surface area contributed by atoms with Crippen LogP contribution in [0.3, 0.4) is 0 Å². The van der Waals surface area contributed by atoms with Crippen LogP contribution in [0.25, 0.3) is 0 Å². The SMILES string of the molecule is C=C(C)CN1CC2(CCCC2)NCC1c1ccccc1. The molecule has 2 aliphatic rings. The third-order valence-corrected chi connectivity index (χ3v) is 4.83. The molecule has 1 aromatic carbocycles. The van der Waals surface area contributed by atoms with E-state index in [4.69, 9.17) is 0 Å². The fraction of sp³-hybridized carbons (Fsp3) is 0.556. The molecule has 1 N–H and O–H groups in total. The number of benzene rings is 1. The van der Waals surface area contributed by atoms with Gasteiger partial charge in [-0.05, 0) is 25.3 Å². The molecule has 1 heterocycles. The number of nitrogens with zero attached hydrogens (tertiary/aromatic N) is 1. The van der Waals surface area contributed by atoms with Crippen LogP contribution in [0.1, 0.15) is 44.2 Å². The molecule has 20 heavy (non-hydrogen) atoms. The zero-order valence-corrected chi connectivity index (χ0v) is 12.6. The van der Waals surface area contributed by atoms with Crippen LogP contribution in [0.4, 0.5) is 0 Å². The van der Waals surface area contributed by atoms with Gasteiger partial charge in [-0.1, -0.05) is 55.3 Å². The smallest absolute Gasteiger partial charge is 0.0477 e. The maximum absolute atomic E-state index is 4.13. The van der Waals surface area contributed by atoms with Gasteiger partial charge in [0, 0.05) is 31.2 Å². The minimum absolute atomic E-state index is 0.376. The van der Waals surface area contributed by atoms with Gasteiger partial charge in [0.15, 0.2) is 0 Å². The van der Waals surface area contributed by atoms with Crippen molar-refractivity contribution >= 4 is 0 Å². The molecule has 0 radical (unpaired) electrons. The Morgan fingerprint density at radius 1 is 1.30 bits per heavy atom. The van der Waals surface area contributed by atoms with Gasteiger partial charge in [0.25, 0.3) is 0 Å². The van der Waals surface area contributed by atoms with Crippen LogP contribution in [0.5, 0.6) is 0 Å². The lowest BCUT2D eigenvalue weighted by Crippen LogP contribution is -2.60. The first-order valence-corrected chi connectivity index (χ1v) is 7.87. The quantitative estimate of drug-likeness (QED) is 0.845. The van der Waals surface area contributed by atoms with E-state index in [1.807, 2.05) is 0 Å². The Balaban J connectivity index is 1.81. The number of piperazine rings is 1. The monoisotopic (exact) mass is 270 g/mol. The molecule has 0 aromatic heterocycles. The van der Waals surface area contributed by atoms with E-state index >= 15 is 0 Å². The van der Waals surface area contributed by atoms with E-state index in [1.54, 1.807) is 0 Å². The average molecular weight is 270 g/mol. The minimum Gasteiger partial charge on any atom is -0.308 e. The van der Waals surface area contributed by atoms with E-state index in [0.29, 0.717) is 11.6 Å². The normalized spacial score (nSPS) is 25.9. The lowest BCUT2D eigenvalue weighted by Gasteiger charge is -2.46. The van der Waals surface area contributed by atoms with Crippen molar-refractivity contribution in [2.24, 2.45) is 0 Å². The van der Waals surface area contributed by atoms with Crippen molar-refractivity contribution < 1.29 is 0 Å². The third-order valence-electron chi connectivity index (χ3n) is 4.83. The first kappa shape index (κ1) is 13.8. The predicted octanol–water partition coefficient (Wildman–Crippen LogP) is 3.52. The standard InChI is InChI=1S/C18H26N2/c1-15(2)13-20-14-18(10-6-7-11-18)19-12-17(20)16-8-4-3-5-9-16/h3-5,8-9,17,19H,1,6-7,10-14H2,2H3. The van der Waals surface area contributed by atoms with Gasteiger partial charge in [0.05, 0.1) is 0 Å². The molecule has 2 heteroatoms. The van der Waals surface area contributed by atoms with Crippen molar-refractivity contribution in [2.45, 2.75) is 44.2 Å². The highest BCUT2D eigenvalue weighted by molar-refractivity contribution is 5.22. The zero-order chi connectivity index (χ0) is 14.0. The Hall–Kier alpha value is -1.12. The van der Waals surface area contributed by atoms with Gasteiger partial charge in [0.1, 0.15) is 0 Å². The van der Waals surface area contributed by atoms with Crippen LogP contribution in [-0.2, 0) is 0 Å². The molecule has 0 bridgehead atoms. The molecule has 1 atom stereocenters. The molecule has 108 valence electrons. The summed E-state index contributed by atoms with van der Waals surface area (Å²) in [5, 5.41) is 3.87. The summed E-state index contributed by atoms with van der Waals surface area (Å²) < 4.78 is 0. The molecular formula is C18H26N2. The summed E-state index contributed by atoms with van der Waals surface area (Å²) in [5.74, 6) is 0. The third kappa shape index (κ3) is 2.82. The van der Waals surface area contributed by atoms with Gasteiger partial charge < -0.3 is 5.32 Å². The average Bonchev–Trinajstić information content (AvgIpc) is 2.87. The lowest BCUT2D eigenvalue weighted by molar-refractivity contribution is 0.0891. The number of nitrogens with one attached hydrogen (secondary N) is 1. The van der Waals surface area contributed by atoms with E-state index < -0.39 is 0 Å². The molecule has 1 aliphatic heterocycles. The second kappa shape index (κ2) is 5.71. The second-order valence-electron chi connectivity index (χ2n) is 6.66. The lowest BCUT2D eigenvalue weighted by atomic mass is 9.90. The van der Waals surface area contributed by atoms with Crippen LogP contribution in [0, 0.1) is 0 Å². The number of hydrogen-bond donors (Lipinski definition) is 1. The van der Waals surface area contributed by atoms with Gasteiger partial charge >= 0.3 is 0 Å². The molecule has 2 nitrogen and oxygen atoms in total. The summed E-state index contributed by atoms with van der Waals surface area (Å²) in [6.45, 7) is 9.52. The largest absolute Gasteiger partial charge is 0.308 e. The van der Waals surface area contributed by atoms with E-state index in [0.717, 1.165) is 13.1 Å². The summed E-state index contributed by atoms with van der Waals surface area (Å²) in [5.41, 5.74) is 3.07. The predicted molar refractivity (Wildman–Crippen MR) is 84.8 cm³/mol. The molecule has 1 unspecified atom stereocenters. The minimum atomic E-state index is 0.376. The van der Waals surface area contributed by atoms with E-state index in [-0.39, 0.29) is 0 Å². The number of hydrogen-bond acceptors (Lipinski definition) is 2. The topological polar surface area (TPSA) is 15.3 Å². The fourth-order valence-electron chi connectivity index (χ4n) is 3.90. The molecule has 3 rings (SSSR count). The van der Waals surface area contributed by atoms with Gasteiger partial charge in [-0.2, -0.15) is 0 Å². The Morgan fingerprint density at radius 2 is 2.00 bits per heavy atom. The molecule has 1 aliphatic carbocycles. The Labute approximate surface area is 122 Å². The highest BCUT2D eigenvalue weighted by Gasteiger charge is 2.41. The molecule has 1 saturated carbocycles. The van der Waals surface area contributed by atoms with E-state index in [9.17, 15) is 0 Å². The van der Waals surface area contributed by atoms with Gasteiger partial charge in [0.2, 0.25) is 0 Å². The van der Waals surface area contributed by atoms with Crippen molar-refractivity contribution in [1.29, 1.82) is 0 Å². The summed E-state index contributed by atoms with van der Waals surface area (Å²) in [7, 11) is 0. The molecule has 1 saturated heterocycles. The molecular weight excluding hydrogens is 244 g/mol. The van der Waals surface area contributed by atoms with Gasteiger partial charge in [-0.3, -0.25) is 4.90 Å². The maximum atomic E-state index is 4.13. The summed E-state index contributed by atoms with van der Waals surface area (Å²) in [6, 6.07) is 11.4. The molecule has 1 aromatic rings. The Kier molecular flexibility index (Phi) is 3.95. The summed E-state index contributed by atoms with van der Waals surface area (Å²) in [6.07, 6.45) is 5.43. The van der Waals surface area contributed by atoms with Crippen LogP contribution in [-0.4, -0.2) is 30.1 Å². The van der Waals surface area contributed by atoms with Crippen molar-refractivity contribution in [2.75, 3.05) is 19.6 Å². The van der Waals surface area contributed by atoms with Crippen molar-refractivity contribution in [3.05, 3.63) is 48.0 Å². The zero-order valence-electron chi connectivity index (χ0n) is 12.6. The van der Waals surface area contributed by atoms with Crippen LogP contribution in [0.15, 0.2) is 42.5 Å². The summed E-state index contributed by atoms with van der Waals surface area (Å²) in [4.78, 5) is 2.64. The van der Waals surface area contributed by atoms with Crippen LogP contribution >= 0.6 is 0 Å². The highest BCUT2D eigenvalue weighted by Crippen LogP contribution is 2.36. The Bertz CT molecular complexity index is 460. The second-order valence-corrected chi connectivity index (χ2v) is 6.66. The van der Waals surface area contributed by atoms with Gasteiger partial charge in [-0.25, -0.2) is 0 Å². The molecule has 0 amide bonds. The first-order valence-electron chi connectivity index (χ1n) is 7.87. The first-order chi connectivity index (χ1) is 9.69. The fourth-order valence-corrected chi connectivity index (χ4v) is 3.90. The van der Waals surface area contributed by atoms with E-state index in [2.05, 4.69) is 54.1 Å². The Morgan fingerprint density at radius 3 is 2.65 bits per heavy atom. The number of rotatable bonds is 3.